The van der Waals surface area contributed by atoms with E-state index in [2.05, 4.69) is 0 Å². The molecule has 0 saturated heterocycles. The molecule has 4 nitrogen and oxygen atoms in total. The van der Waals surface area contributed by atoms with Crippen LogP contribution in [0.3, 0.4) is 0 Å². The van der Waals surface area contributed by atoms with E-state index in [1.165, 1.54) is 0 Å². The second-order valence-corrected chi connectivity index (χ2v) is 18.2. The molecular weight excluding hydrogens is 440 g/mol. The Labute approximate surface area is 191 Å². The van der Waals surface area contributed by atoms with Crippen molar-refractivity contribution in [2.45, 2.75) is 30.1 Å². The van der Waals surface area contributed by atoms with Crippen LogP contribution < -0.4 is 0 Å². The van der Waals surface area contributed by atoms with E-state index in [1.807, 2.05) is 99.0 Å². The number of hydrogen-bond donors (Lipinski definition) is 2. The van der Waals surface area contributed by atoms with Gasteiger partial charge in [-0.3, -0.25) is 18.5 Å². The first kappa shape index (κ1) is 24.2. The van der Waals surface area contributed by atoms with Gasteiger partial charge in [-0.05, 0) is 42.7 Å². The second-order valence-electron chi connectivity index (χ2n) is 9.57. The van der Waals surface area contributed by atoms with Gasteiger partial charge in [-0.1, -0.05) is 91.0 Å². The summed E-state index contributed by atoms with van der Waals surface area (Å²) in [6.07, 6.45) is 1.97. The maximum atomic E-state index is 13.9. The van der Waals surface area contributed by atoms with Crippen LogP contribution in [0, 0.1) is 0 Å². The standard InChI is InChI=1S/C26H32O4S2/c1-26(2,25(27)24-17-11-6-12-18-24)32(3,21-31(28,29)30,19-22-13-7-4-8-14-22)20-23-15-9-5-10-16-23/h4-18,32H,19-21H2,1-3H3,(H,28,29,30). The Hall–Kier alpha value is -2.41. The molecule has 0 unspecified atom stereocenters. The Kier molecular flexibility index (Phi) is 6.70. The van der Waals surface area contributed by atoms with Crippen molar-refractivity contribution in [2.24, 2.45) is 0 Å². The Balaban J connectivity index is 2.28. The Morgan fingerprint density at radius 1 is 0.781 bits per heavy atom. The minimum atomic E-state index is -4.37. The van der Waals surface area contributed by atoms with Crippen molar-refractivity contribution in [3.8, 4) is 0 Å². The van der Waals surface area contributed by atoms with Gasteiger partial charge in [-0.25, -0.2) is 0 Å². The van der Waals surface area contributed by atoms with Gasteiger partial charge in [0.25, 0.3) is 10.1 Å². The van der Waals surface area contributed by atoms with Crippen molar-refractivity contribution in [2.75, 3.05) is 11.3 Å². The molecule has 0 fully saturated rings. The van der Waals surface area contributed by atoms with Crippen LogP contribution in [0.5, 0.6) is 0 Å². The minimum Gasteiger partial charge on any atom is -0.293 e. The second kappa shape index (κ2) is 8.85. The lowest BCUT2D eigenvalue weighted by Gasteiger charge is -2.67. The number of Topliss-reactive ketones (excluding diaryl/α,β-unsaturated/α-hetero) is 1. The number of benzene rings is 3. The van der Waals surface area contributed by atoms with Crippen LogP contribution in [-0.4, -0.2) is 34.8 Å². The van der Waals surface area contributed by atoms with E-state index in [0.717, 1.165) is 11.1 Å². The van der Waals surface area contributed by atoms with E-state index >= 15 is 0 Å². The number of ketones is 1. The molecule has 6 heteroatoms. The van der Waals surface area contributed by atoms with E-state index in [0.29, 0.717) is 17.1 Å². The van der Waals surface area contributed by atoms with Crippen molar-refractivity contribution >= 4 is 25.1 Å². The maximum Gasteiger partial charge on any atom is 0.271 e. The highest BCUT2D eigenvalue weighted by Gasteiger charge is 2.56. The molecule has 3 aromatic carbocycles. The largest absolute Gasteiger partial charge is 0.293 e. The SMILES string of the molecule is CC(C)(C(=O)c1ccccc1)[SH](C)(Cc1ccccc1)(Cc1ccccc1)CS(=O)(=O)O. The van der Waals surface area contributed by atoms with Crippen LogP contribution in [0.2, 0.25) is 0 Å². The van der Waals surface area contributed by atoms with E-state index in [1.54, 1.807) is 12.1 Å². The highest BCUT2D eigenvalue weighted by atomic mass is 32.3. The van der Waals surface area contributed by atoms with Crippen molar-refractivity contribution < 1.29 is 17.8 Å². The van der Waals surface area contributed by atoms with Crippen LogP contribution >= 0.6 is 9.16 Å². The van der Waals surface area contributed by atoms with Gasteiger partial charge in [0.05, 0.1) is 5.08 Å². The molecule has 0 amide bonds. The van der Waals surface area contributed by atoms with Gasteiger partial charge < -0.3 is 0 Å². The monoisotopic (exact) mass is 472 g/mol. The molecule has 0 aliphatic heterocycles. The Morgan fingerprint density at radius 3 is 1.53 bits per heavy atom. The number of rotatable bonds is 9. The van der Waals surface area contributed by atoms with E-state index in [9.17, 15) is 17.8 Å². The summed E-state index contributed by atoms with van der Waals surface area (Å²) in [5.74, 6) is 0.744. The van der Waals surface area contributed by atoms with Crippen molar-refractivity contribution in [3.63, 3.8) is 0 Å². The molecule has 3 rings (SSSR count). The minimum absolute atomic E-state index is 0.103. The lowest BCUT2D eigenvalue weighted by molar-refractivity contribution is 0.0955. The first-order valence-electron chi connectivity index (χ1n) is 10.6. The summed E-state index contributed by atoms with van der Waals surface area (Å²) in [5.41, 5.74) is 2.46. The predicted molar refractivity (Wildman–Crippen MR) is 136 cm³/mol. The zero-order valence-corrected chi connectivity index (χ0v) is 20.5. The van der Waals surface area contributed by atoms with Gasteiger partial charge in [0.15, 0.2) is 5.78 Å². The quantitative estimate of drug-likeness (QED) is 0.242. The smallest absolute Gasteiger partial charge is 0.271 e. The molecule has 0 aromatic heterocycles. The molecule has 1 N–H and O–H groups in total. The lowest BCUT2D eigenvalue weighted by Crippen LogP contribution is -2.50. The van der Waals surface area contributed by atoms with Crippen LogP contribution in [0.15, 0.2) is 91.0 Å². The van der Waals surface area contributed by atoms with Gasteiger partial charge in [0, 0.05) is 10.3 Å². The average molecular weight is 473 g/mol. The maximum absolute atomic E-state index is 13.9. The van der Waals surface area contributed by atoms with Crippen LogP contribution in [0.4, 0.5) is 0 Å². The van der Waals surface area contributed by atoms with E-state index < -0.39 is 29.1 Å². The molecular formula is C26H32O4S2. The lowest BCUT2D eigenvalue weighted by atomic mass is 10.0. The highest BCUT2D eigenvalue weighted by molar-refractivity contribution is 8.52. The normalized spacial score (nSPS) is 13.8. The number of thiol groups is 1. The third-order valence-electron chi connectivity index (χ3n) is 6.85. The predicted octanol–water partition coefficient (Wildman–Crippen LogP) is 5.60. The van der Waals surface area contributed by atoms with Gasteiger partial charge >= 0.3 is 0 Å². The van der Waals surface area contributed by atoms with Crippen molar-refractivity contribution in [1.29, 1.82) is 0 Å². The molecule has 172 valence electrons. The van der Waals surface area contributed by atoms with Crippen LogP contribution in [-0.2, 0) is 21.6 Å². The molecule has 0 bridgehead atoms. The van der Waals surface area contributed by atoms with Crippen LogP contribution in [0.1, 0.15) is 35.3 Å². The Bertz CT molecular complexity index is 1130. The topological polar surface area (TPSA) is 71.4 Å². The summed E-state index contributed by atoms with van der Waals surface area (Å²) in [7, 11) is -7.97. The summed E-state index contributed by atoms with van der Waals surface area (Å²) < 4.78 is 34.2. The number of hydrogen-bond acceptors (Lipinski definition) is 3. The summed E-state index contributed by atoms with van der Waals surface area (Å²) in [4.78, 5) is 13.9. The van der Waals surface area contributed by atoms with Gasteiger partial charge in [-0.15, -0.1) is 0 Å². The molecule has 0 atom stereocenters. The summed E-state index contributed by atoms with van der Waals surface area (Å²) in [6.45, 7) is 3.72. The van der Waals surface area contributed by atoms with Crippen LogP contribution in [0.25, 0.3) is 0 Å². The fraction of sp³-hybridized carbons (Fsp3) is 0.269. The zero-order chi connectivity index (χ0) is 23.5. The average Bonchev–Trinajstić information content (AvgIpc) is 2.73. The molecule has 0 saturated carbocycles. The fourth-order valence-corrected chi connectivity index (χ4v) is 14.7. The summed E-state index contributed by atoms with van der Waals surface area (Å²) >= 11 is 0. The van der Waals surface area contributed by atoms with Gasteiger partial charge in [-0.2, -0.15) is 8.42 Å². The summed E-state index contributed by atoms with van der Waals surface area (Å²) in [5, 5.41) is -0.423. The van der Waals surface area contributed by atoms with Gasteiger partial charge in [0.1, 0.15) is 0 Å². The molecule has 0 spiro atoms. The molecule has 0 radical (unpaired) electrons. The highest BCUT2D eigenvalue weighted by Crippen LogP contribution is 2.79. The third-order valence-corrected chi connectivity index (χ3v) is 17.4. The molecule has 32 heavy (non-hydrogen) atoms. The number of carbonyl (C=O) groups excluding carboxylic acids is 1. The van der Waals surface area contributed by atoms with E-state index in [-0.39, 0.29) is 5.78 Å². The van der Waals surface area contributed by atoms with E-state index in [4.69, 9.17) is 0 Å². The van der Waals surface area contributed by atoms with Crippen molar-refractivity contribution in [3.05, 3.63) is 108 Å². The molecule has 0 aliphatic rings. The fourth-order valence-electron chi connectivity index (χ4n) is 4.67. The first-order chi connectivity index (χ1) is 14.9. The molecule has 3 aromatic rings. The summed E-state index contributed by atoms with van der Waals surface area (Å²) in [6, 6.07) is 28.3. The molecule has 0 aliphatic carbocycles. The van der Waals surface area contributed by atoms with Gasteiger partial charge in [0.2, 0.25) is 0 Å². The molecule has 0 heterocycles. The first-order valence-corrected chi connectivity index (χ1v) is 15.4. The van der Waals surface area contributed by atoms with Crippen molar-refractivity contribution in [1.82, 2.24) is 0 Å². The number of carbonyl (C=O) groups is 1. The Morgan fingerprint density at radius 2 is 1.16 bits per heavy atom. The zero-order valence-electron chi connectivity index (χ0n) is 18.8. The third kappa shape index (κ3) is 4.98.